The summed E-state index contributed by atoms with van der Waals surface area (Å²) < 4.78 is 29.5. The van der Waals surface area contributed by atoms with Crippen LogP contribution in [-0.4, -0.2) is 53.6 Å². The predicted molar refractivity (Wildman–Crippen MR) is 112 cm³/mol. The Labute approximate surface area is 169 Å². The molecule has 6 nitrogen and oxygen atoms in total. The summed E-state index contributed by atoms with van der Waals surface area (Å²) >= 11 is 0. The molecule has 1 atom stereocenters. The van der Waals surface area contributed by atoms with Crippen molar-refractivity contribution in [2.24, 2.45) is 7.05 Å². The Kier molecular flexibility index (Phi) is 6.27. The van der Waals surface area contributed by atoms with Crippen LogP contribution in [-0.2, 0) is 23.6 Å². The normalized spacial score (nSPS) is 17.8. The number of rotatable bonds is 6. The van der Waals surface area contributed by atoms with E-state index in [-0.39, 0.29) is 0 Å². The molecule has 0 amide bonds. The lowest BCUT2D eigenvalue weighted by atomic mass is 9.99. The molecule has 7 heteroatoms. The van der Waals surface area contributed by atoms with Crippen LogP contribution >= 0.6 is 0 Å². The van der Waals surface area contributed by atoms with Gasteiger partial charge < -0.3 is 0 Å². The number of sulfonamides is 1. The van der Waals surface area contributed by atoms with E-state index in [2.05, 4.69) is 30.8 Å². The zero-order chi connectivity index (χ0) is 20.5. The van der Waals surface area contributed by atoms with Gasteiger partial charge in [-0.3, -0.25) is 9.58 Å². The largest absolute Gasteiger partial charge is 0.296 e. The lowest BCUT2D eigenvalue weighted by Crippen LogP contribution is -2.48. The van der Waals surface area contributed by atoms with Crippen molar-refractivity contribution < 1.29 is 8.42 Å². The summed E-state index contributed by atoms with van der Waals surface area (Å²) in [4.78, 5) is 2.71. The molecule has 0 aliphatic carbocycles. The van der Waals surface area contributed by atoms with Gasteiger partial charge in [-0.15, -0.1) is 0 Å². The van der Waals surface area contributed by atoms with E-state index in [4.69, 9.17) is 0 Å². The van der Waals surface area contributed by atoms with Crippen LogP contribution in [0.4, 0.5) is 0 Å². The number of benzene rings is 1. The lowest BCUT2D eigenvalue weighted by Gasteiger charge is -2.34. The Morgan fingerprint density at radius 2 is 1.68 bits per heavy atom. The molecular formula is C21H32N4O2S. The topological polar surface area (TPSA) is 58.4 Å². The third-order valence-electron chi connectivity index (χ3n) is 6.07. The molecule has 1 aromatic carbocycles. The molecule has 3 rings (SSSR count). The Morgan fingerprint density at radius 1 is 1.07 bits per heavy atom. The summed E-state index contributed by atoms with van der Waals surface area (Å²) in [6.45, 7) is 11.8. The van der Waals surface area contributed by atoms with Crippen LogP contribution in [0.2, 0.25) is 0 Å². The molecule has 0 N–H and O–H groups in total. The van der Waals surface area contributed by atoms with Gasteiger partial charge in [0.15, 0.2) is 0 Å². The molecule has 2 heterocycles. The summed E-state index contributed by atoms with van der Waals surface area (Å²) in [7, 11) is -1.47. The Hall–Kier alpha value is -1.70. The second-order valence-electron chi connectivity index (χ2n) is 7.83. The zero-order valence-electron chi connectivity index (χ0n) is 17.6. The molecule has 1 saturated heterocycles. The highest BCUT2D eigenvalue weighted by Crippen LogP contribution is 2.23. The van der Waals surface area contributed by atoms with Gasteiger partial charge in [0.25, 0.3) is 0 Å². The first-order valence-electron chi connectivity index (χ1n) is 10.1. The van der Waals surface area contributed by atoms with Gasteiger partial charge in [-0.05, 0) is 43.9 Å². The summed E-state index contributed by atoms with van der Waals surface area (Å²) in [5.74, 6) is 0.444. The zero-order valence-corrected chi connectivity index (χ0v) is 18.5. The van der Waals surface area contributed by atoms with E-state index in [0.717, 1.165) is 31.7 Å². The van der Waals surface area contributed by atoms with Crippen LogP contribution < -0.4 is 0 Å². The summed E-state index contributed by atoms with van der Waals surface area (Å²) in [6, 6.07) is 7.41. The number of aryl methyl sites for hydroxylation is 2. The molecule has 154 valence electrons. The van der Waals surface area contributed by atoms with Crippen molar-refractivity contribution >= 4 is 10.0 Å². The van der Waals surface area contributed by atoms with Crippen molar-refractivity contribution in [2.45, 2.75) is 51.5 Å². The molecule has 1 fully saturated rings. The second-order valence-corrected chi connectivity index (χ2v) is 9.77. The fraction of sp³-hybridized carbons (Fsp3) is 0.571. The van der Waals surface area contributed by atoms with Crippen molar-refractivity contribution in [1.29, 1.82) is 0 Å². The predicted octanol–water partition coefficient (Wildman–Crippen LogP) is 3.06. The molecule has 0 spiro atoms. The SMILES string of the molecule is CCC(C)c1ccc(S(=O)(=O)N2CCN(Cc3c(C)nn(C)c3C)CC2)cc1. The van der Waals surface area contributed by atoms with Gasteiger partial charge in [-0.25, -0.2) is 8.42 Å². The first kappa shape index (κ1) is 21.0. The fourth-order valence-electron chi connectivity index (χ4n) is 3.75. The molecule has 1 aliphatic rings. The average molecular weight is 405 g/mol. The maximum Gasteiger partial charge on any atom is 0.243 e. The highest BCUT2D eigenvalue weighted by atomic mass is 32.2. The van der Waals surface area contributed by atoms with Crippen molar-refractivity contribution in [3.05, 3.63) is 46.8 Å². The highest BCUT2D eigenvalue weighted by Gasteiger charge is 2.29. The van der Waals surface area contributed by atoms with Crippen molar-refractivity contribution in [1.82, 2.24) is 19.0 Å². The van der Waals surface area contributed by atoms with Crippen LogP contribution in [0.1, 0.15) is 48.7 Å². The van der Waals surface area contributed by atoms with E-state index in [1.165, 1.54) is 16.8 Å². The number of hydrogen-bond acceptors (Lipinski definition) is 4. The fourth-order valence-corrected chi connectivity index (χ4v) is 5.17. The minimum atomic E-state index is -3.43. The van der Waals surface area contributed by atoms with Gasteiger partial charge in [0, 0.05) is 51.0 Å². The van der Waals surface area contributed by atoms with Crippen LogP contribution in [0, 0.1) is 13.8 Å². The molecule has 28 heavy (non-hydrogen) atoms. The third kappa shape index (κ3) is 4.16. The average Bonchev–Trinajstić information content (AvgIpc) is 2.94. The third-order valence-corrected chi connectivity index (χ3v) is 7.98. The molecule has 1 unspecified atom stereocenters. The Balaban J connectivity index is 1.65. The minimum Gasteiger partial charge on any atom is -0.296 e. The molecule has 0 radical (unpaired) electrons. The van der Waals surface area contributed by atoms with Gasteiger partial charge in [0.1, 0.15) is 0 Å². The molecule has 0 saturated carbocycles. The van der Waals surface area contributed by atoms with Gasteiger partial charge >= 0.3 is 0 Å². The quantitative estimate of drug-likeness (QED) is 0.742. The summed E-state index contributed by atoms with van der Waals surface area (Å²) in [5.41, 5.74) is 4.67. The maximum atomic E-state index is 13.0. The van der Waals surface area contributed by atoms with Crippen LogP contribution in [0.25, 0.3) is 0 Å². The number of aromatic nitrogens is 2. The lowest BCUT2D eigenvalue weighted by molar-refractivity contribution is 0.181. The van der Waals surface area contributed by atoms with Crippen molar-refractivity contribution in [2.75, 3.05) is 26.2 Å². The number of nitrogens with zero attached hydrogens (tertiary/aromatic N) is 4. The summed E-state index contributed by atoms with van der Waals surface area (Å²) in [5, 5.41) is 4.48. The number of hydrogen-bond donors (Lipinski definition) is 0. The minimum absolute atomic E-state index is 0.395. The van der Waals surface area contributed by atoms with Crippen molar-refractivity contribution in [3.63, 3.8) is 0 Å². The van der Waals surface area contributed by atoms with Gasteiger partial charge in [-0.1, -0.05) is 26.0 Å². The molecular weight excluding hydrogens is 372 g/mol. The standard InChI is InChI=1S/C21H32N4O2S/c1-6-16(2)19-7-9-20(10-8-19)28(26,27)25-13-11-24(12-14-25)15-21-17(3)22-23(5)18(21)4/h7-10,16H,6,11-15H2,1-5H3. The van der Waals surface area contributed by atoms with E-state index in [9.17, 15) is 8.42 Å². The highest BCUT2D eigenvalue weighted by molar-refractivity contribution is 7.89. The first-order chi connectivity index (χ1) is 13.2. The molecule has 1 aromatic heterocycles. The van der Waals surface area contributed by atoms with Gasteiger partial charge in [0.2, 0.25) is 10.0 Å². The molecule has 1 aliphatic heterocycles. The molecule has 0 bridgehead atoms. The van der Waals surface area contributed by atoms with Crippen molar-refractivity contribution in [3.8, 4) is 0 Å². The van der Waals surface area contributed by atoms with Crippen LogP contribution in [0.15, 0.2) is 29.2 Å². The first-order valence-corrected chi connectivity index (χ1v) is 11.5. The van der Waals surface area contributed by atoms with Gasteiger partial charge in [0.05, 0.1) is 10.6 Å². The molecule has 2 aromatic rings. The van der Waals surface area contributed by atoms with E-state index >= 15 is 0 Å². The summed E-state index contributed by atoms with van der Waals surface area (Å²) in [6.07, 6.45) is 1.05. The van der Waals surface area contributed by atoms with Crippen LogP contribution in [0.5, 0.6) is 0 Å². The van der Waals surface area contributed by atoms with Crippen LogP contribution in [0.3, 0.4) is 0 Å². The Morgan fingerprint density at radius 3 is 2.18 bits per heavy atom. The Bertz CT molecular complexity index is 911. The smallest absolute Gasteiger partial charge is 0.243 e. The maximum absolute atomic E-state index is 13.0. The van der Waals surface area contributed by atoms with E-state index in [0.29, 0.717) is 23.9 Å². The van der Waals surface area contributed by atoms with Gasteiger partial charge in [-0.2, -0.15) is 9.40 Å². The van der Waals surface area contributed by atoms with E-state index in [1.807, 2.05) is 30.8 Å². The monoisotopic (exact) mass is 404 g/mol. The van der Waals surface area contributed by atoms with E-state index in [1.54, 1.807) is 16.4 Å². The number of piperazine rings is 1. The second kappa shape index (κ2) is 8.35. The van der Waals surface area contributed by atoms with E-state index < -0.39 is 10.0 Å².